The standard InChI is InChI=1S/C20H18N4O2S2/c1-23-15-7-4-12(9-13(15)10-18(23)26)16(25)11-28-20-22-21-19(17-3-2-8-27-17)24(20)14-5-6-14/h2-4,7-9,14H,5-6,10-11H2,1H3. The summed E-state index contributed by atoms with van der Waals surface area (Å²) in [6.07, 6.45) is 2.62. The van der Waals surface area contributed by atoms with Crippen molar-refractivity contribution in [2.75, 3.05) is 17.7 Å². The minimum Gasteiger partial charge on any atom is -0.315 e. The summed E-state index contributed by atoms with van der Waals surface area (Å²) in [7, 11) is 1.77. The number of aromatic nitrogens is 3. The van der Waals surface area contributed by atoms with Gasteiger partial charge in [-0.3, -0.25) is 14.2 Å². The van der Waals surface area contributed by atoms with Crippen LogP contribution in [0.5, 0.6) is 0 Å². The van der Waals surface area contributed by atoms with Crippen molar-refractivity contribution < 1.29 is 9.59 Å². The molecule has 0 saturated heterocycles. The first-order valence-corrected chi connectivity index (χ1v) is 11.0. The van der Waals surface area contributed by atoms with Crippen molar-refractivity contribution in [3.8, 4) is 10.7 Å². The molecule has 142 valence electrons. The molecule has 0 atom stereocenters. The molecule has 8 heteroatoms. The average molecular weight is 411 g/mol. The van der Waals surface area contributed by atoms with Crippen molar-refractivity contribution in [3.63, 3.8) is 0 Å². The topological polar surface area (TPSA) is 68.1 Å². The summed E-state index contributed by atoms with van der Waals surface area (Å²) in [5, 5.41) is 11.6. The Morgan fingerprint density at radius 2 is 2.14 bits per heavy atom. The predicted octanol–water partition coefficient (Wildman–Crippen LogP) is 3.84. The number of anilines is 1. The lowest BCUT2D eigenvalue weighted by atomic mass is 10.1. The summed E-state index contributed by atoms with van der Waals surface area (Å²) >= 11 is 3.09. The van der Waals surface area contributed by atoms with Gasteiger partial charge < -0.3 is 4.90 Å². The lowest BCUT2D eigenvalue weighted by molar-refractivity contribution is -0.117. The van der Waals surface area contributed by atoms with Gasteiger partial charge in [0.05, 0.1) is 17.1 Å². The largest absolute Gasteiger partial charge is 0.315 e. The second-order valence-corrected chi connectivity index (χ2v) is 8.96. The molecule has 1 aliphatic carbocycles. The summed E-state index contributed by atoms with van der Waals surface area (Å²) in [6.45, 7) is 0. The molecule has 2 aromatic heterocycles. The molecule has 5 rings (SSSR count). The van der Waals surface area contributed by atoms with Gasteiger partial charge in [0.2, 0.25) is 5.91 Å². The molecule has 1 amide bonds. The molecule has 1 fully saturated rings. The van der Waals surface area contributed by atoms with Crippen LogP contribution in [0.25, 0.3) is 10.7 Å². The summed E-state index contributed by atoms with van der Waals surface area (Å²) in [5.41, 5.74) is 2.46. The molecule has 0 spiro atoms. The van der Waals surface area contributed by atoms with Crippen LogP contribution in [0.3, 0.4) is 0 Å². The van der Waals surface area contributed by atoms with Gasteiger partial charge >= 0.3 is 0 Å². The summed E-state index contributed by atoms with van der Waals surface area (Å²) in [4.78, 5) is 27.3. The highest BCUT2D eigenvalue weighted by Gasteiger charge is 2.31. The maximum absolute atomic E-state index is 12.7. The van der Waals surface area contributed by atoms with E-state index in [4.69, 9.17) is 0 Å². The molecule has 3 aromatic rings. The van der Waals surface area contributed by atoms with E-state index < -0.39 is 0 Å². The van der Waals surface area contributed by atoms with Crippen molar-refractivity contribution >= 4 is 40.5 Å². The Balaban J connectivity index is 1.34. The third kappa shape index (κ3) is 3.06. The van der Waals surface area contributed by atoms with Gasteiger partial charge in [0.25, 0.3) is 0 Å². The van der Waals surface area contributed by atoms with Gasteiger partial charge in [-0.1, -0.05) is 17.8 Å². The molecule has 2 aliphatic rings. The van der Waals surface area contributed by atoms with Crippen molar-refractivity contribution in [2.24, 2.45) is 0 Å². The molecule has 0 radical (unpaired) electrons. The number of carbonyl (C=O) groups excluding carboxylic acids is 2. The Bertz CT molecular complexity index is 1070. The maximum Gasteiger partial charge on any atom is 0.231 e. The number of Topliss-reactive ketones (excluding diaryl/α,β-unsaturated/α-hetero) is 1. The number of thioether (sulfide) groups is 1. The number of benzene rings is 1. The Morgan fingerprint density at radius 3 is 2.89 bits per heavy atom. The fourth-order valence-electron chi connectivity index (χ4n) is 3.47. The van der Waals surface area contributed by atoms with E-state index >= 15 is 0 Å². The third-order valence-electron chi connectivity index (χ3n) is 5.13. The van der Waals surface area contributed by atoms with E-state index in [0.717, 1.165) is 40.0 Å². The van der Waals surface area contributed by atoms with Crippen molar-refractivity contribution in [1.82, 2.24) is 14.8 Å². The zero-order valence-electron chi connectivity index (χ0n) is 15.3. The molecule has 6 nitrogen and oxygen atoms in total. The van der Waals surface area contributed by atoms with Gasteiger partial charge in [0, 0.05) is 24.3 Å². The molecule has 0 N–H and O–H groups in total. The summed E-state index contributed by atoms with van der Waals surface area (Å²) in [6, 6.07) is 10.0. The monoisotopic (exact) mass is 410 g/mol. The van der Waals surface area contributed by atoms with Crippen molar-refractivity contribution in [3.05, 3.63) is 46.8 Å². The van der Waals surface area contributed by atoms with Gasteiger partial charge in [-0.05, 0) is 48.1 Å². The number of carbonyl (C=O) groups is 2. The SMILES string of the molecule is CN1C(=O)Cc2cc(C(=O)CSc3nnc(-c4cccs4)n3C3CC3)ccc21. The predicted molar refractivity (Wildman–Crippen MR) is 110 cm³/mol. The zero-order valence-corrected chi connectivity index (χ0v) is 16.9. The molecule has 0 bridgehead atoms. The normalized spacial score (nSPS) is 15.9. The van der Waals surface area contributed by atoms with Crippen LogP contribution in [0.1, 0.15) is 34.8 Å². The van der Waals surface area contributed by atoms with E-state index in [1.54, 1.807) is 29.4 Å². The number of ketones is 1. The second-order valence-electron chi connectivity index (χ2n) is 7.07. The molecule has 1 aromatic carbocycles. The highest BCUT2D eigenvalue weighted by Crippen LogP contribution is 2.41. The van der Waals surface area contributed by atoms with Crippen LogP contribution >= 0.6 is 23.1 Å². The Kier molecular flexibility index (Phi) is 4.32. The van der Waals surface area contributed by atoms with Crippen molar-refractivity contribution in [1.29, 1.82) is 0 Å². The van der Waals surface area contributed by atoms with Gasteiger partial charge in [-0.2, -0.15) is 0 Å². The Hall–Kier alpha value is -2.45. The van der Waals surface area contributed by atoms with Gasteiger partial charge in [0.1, 0.15) is 0 Å². The fraction of sp³-hybridized carbons (Fsp3) is 0.300. The van der Waals surface area contributed by atoms with Gasteiger partial charge in [-0.25, -0.2) is 0 Å². The van der Waals surface area contributed by atoms with Crippen LogP contribution in [0.2, 0.25) is 0 Å². The number of rotatable bonds is 6. The smallest absolute Gasteiger partial charge is 0.231 e. The Labute approximate surface area is 170 Å². The number of fused-ring (bicyclic) bond motifs is 1. The molecule has 1 saturated carbocycles. The molecular formula is C20H18N4O2S2. The minimum atomic E-state index is 0.0397. The van der Waals surface area contributed by atoms with Crippen LogP contribution in [0, 0.1) is 0 Å². The van der Waals surface area contributed by atoms with E-state index in [-0.39, 0.29) is 11.7 Å². The zero-order chi connectivity index (χ0) is 19.3. The van der Waals surface area contributed by atoms with E-state index in [9.17, 15) is 9.59 Å². The summed E-state index contributed by atoms with van der Waals surface area (Å²) < 4.78 is 2.18. The highest BCUT2D eigenvalue weighted by atomic mass is 32.2. The van der Waals surface area contributed by atoms with Gasteiger partial charge in [-0.15, -0.1) is 21.5 Å². The number of likely N-dealkylation sites (N-methyl/N-ethyl adjacent to an activating group) is 1. The minimum absolute atomic E-state index is 0.0397. The van der Waals surface area contributed by atoms with Crippen LogP contribution in [0.15, 0.2) is 40.9 Å². The average Bonchev–Trinajstić information content (AvgIpc) is 3.12. The van der Waals surface area contributed by atoms with Crippen LogP contribution in [0.4, 0.5) is 5.69 Å². The first kappa shape index (κ1) is 17.6. The Morgan fingerprint density at radius 1 is 1.29 bits per heavy atom. The van der Waals surface area contributed by atoms with E-state index in [0.29, 0.717) is 23.8 Å². The lowest BCUT2D eigenvalue weighted by Crippen LogP contribution is -2.20. The molecule has 1 aliphatic heterocycles. The number of thiophene rings is 1. The number of hydrogen-bond donors (Lipinski definition) is 0. The number of nitrogens with zero attached hydrogens (tertiary/aromatic N) is 4. The first-order valence-electron chi connectivity index (χ1n) is 9.16. The third-order valence-corrected chi connectivity index (χ3v) is 6.94. The number of amides is 1. The second kappa shape index (κ2) is 6.86. The number of hydrogen-bond acceptors (Lipinski definition) is 6. The van der Waals surface area contributed by atoms with Crippen LogP contribution in [-0.4, -0.2) is 39.3 Å². The molecule has 0 unspecified atom stereocenters. The summed E-state index contributed by atoms with van der Waals surface area (Å²) in [5.74, 6) is 1.30. The maximum atomic E-state index is 12.7. The molecule has 3 heterocycles. The van der Waals surface area contributed by atoms with E-state index in [1.807, 2.05) is 23.6 Å². The lowest BCUT2D eigenvalue weighted by Gasteiger charge is -2.10. The molecular weight excluding hydrogens is 392 g/mol. The quantitative estimate of drug-likeness (QED) is 0.456. The van der Waals surface area contributed by atoms with Crippen LogP contribution < -0.4 is 4.90 Å². The molecule has 28 heavy (non-hydrogen) atoms. The van der Waals surface area contributed by atoms with Gasteiger partial charge in [0.15, 0.2) is 16.8 Å². The van der Waals surface area contributed by atoms with Crippen molar-refractivity contribution in [2.45, 2.75) is 30.5 Å². The fourth-order valence-corrected chi connectivity index (χ4v) is 5.07. The highest BCUT2D eigenvalue weighted by molar-refractivity contribution is 7.99. The van der Waals surface area contributed by atoms with E-state index in [2.05, 4.69) is 20.8 Å². The first-order chi connectivity index (χ1) is 13.6. The van der Waals surface area contributed by atoms with Crippen LogP contribution in [-0.2, 0) is 11.2 Å². The van der Waals surface area contributed by atoms with E-state index in [1.165, 1.54) is 11.8 Å².